The zero-order chi connectivity index (χ0) is 17.3. The van der Waals surface area contributed by atoms with E-state index in [4.69, 9.17) is 11.6 Å². The van der Waals surface area contributed by atoms with E-state index in [2.05, 4.69) is 0 Å². The molecule has 0 aliphatic carbocycles. The van der Waals surface area contributed by atoms with E-state index >= 15 is 0 Å². The Morgan fingerprint density at radius 2 is 1.86 bits per heavy atom. The van der Waals surface area contributed by atoms with Crippen LogP contribution in [-0.4, -0.2) is 38.3 Å². The predicted molar refractivity (Wildman–Crippen MR) is 73.0 cm³/mol. The first kappa shape index (κ1) is 18.7. The van der Waals surface area contributed by atoms with Crippen molar-refractivity contribution in [1.29, 1.82) is 0 Å². The molecule has 0 radical (unpaired) electrons. The van der Waals surface area contributed by atoms with Gasteiger partial charge in [0.2, 0.25) is 15.6 Å². The largest absolute Gasteiger partial charge is 0.426 e. The summed E-state index contributed by atoms with van der Waals surface area (Å²) in [6, 6.07) is 3.00. The van der Waals surface area contributed by atoms with Gasteiger partial charge < -0.3 is 10.4 Å². The van der Waals surface area contributed by atoms with E-state index < -0.39 is 27.7 Å². The molecule has 0 bridgehead atoms. The fourth-order valence-electron chi connectivity index (χ4n) is 1.25. The van der Waals surface area contributed by atoms with Crippen molar-refractivity contribution >= 4 is 33.2 Å². The molecule has 1 aromatic carbocycles. The zero-order valence-electron chi connectivity index (χ0n) is 11.3. The maximum atomic E-state index is 12.5. The molecule has 0 saturated heterocycles. The minimum atomic E-state index is -5.18. The van der Waals surface area contributed by atoms with Gasteiger partial charge in [-0.1, -0.05) is 11.6 Å². The smallest absolute Gasteiger partial charge is 0.373 e. The monoisotopic (exact) mass is 360 g/mol. The van der Waals surface area contributed by atoms with E-state index in [1.807, 2.05) is 4.72 Å². The summed E-state index contributed by atoms with van der Waals surface area (Å²) in [4.78, 5) is 11.3. The van der Waals surface area contributed by atoms with Crippen molar-refractivity contribution in [2.45, 2.75) is 23.6 Å². The quantitative estimate of drug-likeness (QED) is 0.758. The number of hydrogen-bond acceptors (Lipinski definition) is 4. The van der Waals surface area contributed by atoms with E-state index in [1.165, 1.54) is 7.05 Å². The van der Waals surface area contributed by atoms with E-state index in [1.54, 1.807) is 5.32 Å². The van der Waals surface area contributed by atoms with Gasteiger partial charge in [0, 0.05) is 0 Å². The third-order valence-corrected chi connectivity index (χ3v) is 4.49. The summed E-state index contributed by atoms with van der Waals surface area (Å²) in [5.74, 6) is -1.74. The number of carbonyl (C=O) groups is 1. The van der Waals surface area contributed by atoms with Crippen LogP contribution in [0.1, 0.15) is 6.92 Å². The summed E-state index contributed by atoms with van der Waals surface area (Å²) in [6.07, 6.45) is -5.18. The second-order valence-electron chi connectivity index (χ2n) is 4.37. The number of halogens is 4. The van der Waals surface area contributed by atoms with Crippen LogP contribution in [0.25, 0.3) is 0 Å². The first-order valence-electron chi connectivity index (χ1n) is 5.66. The number of amides is 1. The van der Waals surface area contributed by atoms with Gasteiger partial charge in [0.25, 0.3) is 5.91 Å². The molecule has 0 aliphatic heterocycles. The van der Waals surface area contributed by atoms with Crippen LogP contribution in [-0.2, 0) is 14.8 Å². The fourth-order valence-corrected chi connectivity index (χ4v) is 2.30. The fraction of sp³-hybridized carbons (Fsp3) is 0.364. The summed E-state index contributed by atoms with van der Waals surface area (Å²) >= 11 is 5.73. The third-order valence-electron chi connectivity index (χ3n) is 2.76. The molecule has 0 aromatic heterocycles. The third kappa shape index (κ3) is 3.69. The molecule has 22 heavy (non-hydrogen) atoms. The van der Waals surface area contributed by atoms with Gasteiger partial charge in [0.05, 0.1) is 15.6 Å². The highest BCUT2D eigenvalue weighted by Gasteiger charge is 2.55. The van der Waals surface area contributed by atoms with Crippen molar-refractivity contribution in [2.24, 2.45) is 0 Å². The molecule has 6 nitrogen and oxygen atoms in total. The lowest BCUT2D eigenvalue weighted by Gasteiger charge is -2.25. The summed E-state index contributed by atoms with van der Waals surface area (Å²) in [7, 11) is -2.63. The number of anilines is 1. The number of carbonyl (C=O) groups excluding carboxylic acids is 1. The van der Waals surface area contributed by atoms with Gasteiger partial charge in [-0.3, -0.25) is 4.79 Å². The highest BCUT2D eigenvalue weighted by Crippen LogP contribution is 2.32. The second kappa shape index (κ2) is 6.03. The second-order valence-corrected chi connectivity index (χ2v) is 6.67. The minimum absolute atomic E-state index is 0.236. The van der Waals surface area contributed by atoms with Crippen molar-refractivity contribution in [3.05, 3.63) is 23.2 Å². The molecule has 124 valence electrons. The standard InChI is InChI=1S/C11H12ClF3N2O4S/c1-10(19,11(13,14)15)9(18)17-8-4-3-6(5-7(8)12)22(20,21)16-2/h3-5,16,19H,1-2H3,(H,17,18). The van der Waals surface area contributed by atoms with Gasteiger partial charge in [-0.15, -0.1) is 0 Å². The van der Waals surface area contributed by atoms with Crippen molar-refractivity contribution in [1.82, 2.24) is 4.72 Å². The van der Waals surface area contributed by atoms with Crippen LogP contribution in [0.4, 0.5) is 18.9 Å². The van der Waals surface area contributed by atoms with E-state index in [9.17, 15) is 31.5 Å². The molecule has 1 aromatic rings. The van der Waals surface area contributed by atoms with Crippen LogP contribution < -0.4 is 10.0 Å². The van der Waals surface area contributed by atoms with Crippen LogP contribution in [0.15, 0.2) is 23.1 Å². The van der Waals surface area contributed by atoms with Gasteiger partial charge in [-0.05, 0) is 32.2 Å². The highest BCUT2D eigenvalue weighted by molar-refractivity contribution is 7.89. The summed E-state index contributed by atoms with van der Waals surface area (Å²) in [5, 5.41) is 10.7. The summed E-state index contributed by atoms with van der Waals surface area (Å²) in [6.45, 7) is 0.288. The van der Waals surface area contributed by atoms with Crippen LogP contribution in [0.2, 0.25) is 5.02 Å². The first-order valence-corrected chi connectivity index (χ1v) is 7.52. The number of aliphatic hydroxyl groups is 1. The molecule has 1 rings (SSSR count). The lowest BCUT2D eigenvalue weighted by Crippen LogP contribution is -2.52. The molecular formula is C11H12ClF3N2O4S. The van der Waals surface area contributed by atoms with Gasteiger partial charge in [-0.2, -0.15) is 13.2 Å². The maximum absolute atomic E-state index is 12.5. The molecule has 1 amide bonds. The number of sulfonamides is 1. The van der Waals surface area contributed by atoms with Crippen molar-refractivity contribution < 1.29 is 31.5 Å². The van der Waals surface area contributed by atoms with E-state index in [0.717, 1.165) is 18.2 Å². The van der Waals surface area contributed by atoms with Crippen LogP contribution in [0.5, 0.6) is 0 Å². The van der Waals surface area contributed by atoms with Crippen LogP contribution in [0, 0.1) is 0 Å². The number of benzene rings is 1. The molecule has 0 heterocycles. The number of alkyl halides is 3. The molecule has 0 fully saturated rings. The maximum Gasteiger partial charge on any atom is 0.426 e. The Morgan fingerprint density at radius 3 is 2.27 bits per heavy atom. The Kier molecular flexibility index (Phi) is 5.12. The molecule has 1 atom stereocenters. The normalized spacial score (nSPS) is 15.2. The molecule has 3 N–H and O–H groups in total. The van der Waals surface area contributed by atoms with Crippen molar-refractivity contribution in [2.75, 3.05) is 12.4 Å². The van der Waals surface area contributed by atoms with Crippen LogP contribution in [0.3, 0.4) is 0 Å². The van der Waals surface area contributed by atoms with Crippen molar-refractivity contribution in [3.8, 4) is 0 Å². The SMILES string of the molecule is CNS(=O)(=O)c1ccc(NC(=O)C(C)(O)C(F)(F)F)c(Cl)c1. The molecule has 0 aliphatic rings. The zero-order valence-corrected chi connectivity index (χ0v) is 12.9. The van der Waals surface area contributed by atoms with Crippen molar-refractivity contribution in [3.63, 3.8) is 0 Å². The Balaban J connectivity index is 3.09. The Bertz CT molecular complexity index is 689. The van der Waals surface area contributed by atoms with Gasteiger partial charge in [0.15, 0.2) is 0 Å². The van der Waals surface area contributed by atoms with Gasteiger partial charge in [-0.25, -0.2) is 13.1 Å². The highest BCUT2D eigenvalue weighted by atomic mass is 35.5. The Hall–Kier alpha value is -1.36. The Morgan fingerprint density at radius 1 is 1.32 bits per heavy atom. The predicted octanol–water partition coefficient (Wildman–Crippen LogP) is 1.50. The van der Waals surface area contributed by atoms with Gasteiger partial charge >= 0.3 is 6.18 Å². The van der Waals surface area contributed by atoms with E-state index in [-0.39, 0.29) is 22.5 Å². The summed E-state index contributed by atoms with van der Waals surface area (Å²) < 4.78 is 62.7. The average molecular weight is 361 g/mol. The topological polar surface area (TPSA) is 95.5 Å². The molecule has 11 heteroatoms. The van der Waals surface area contributed by atoms with E-state index in [0.29, 0.717) is 0 Å². The average Bonchev–Trinajstić information content (AvgIpc) is 2.39. The molecule has 0 spiro atoms. The summed E-state index contributed by atoms with van der Waals surface area (Å²) in [5.41, 5.74) is -3.89. The number of rotatable bonds is 4. The van der Waals surface area contributed by atoms with Crippen LogP contribution >= 0.6 is 11.6 Å². The Labute approximate surface area is 129 Å². The molecular weight excluding hydrogens is 349 g/mol. The number of hydrogen-bond donors (Lipinski definition) is 3. The lowest BCUT2D eigenvalue weighted by atomic mass is 10.1. The molecule has 0 saturated carbocycles. The number of nitrogens with one attached hydrogen (secondary N) is 2. The molecule has 1 unspecified atom stereocenters. The minimum Gasteiger partial charge on any atom is -0.373 e. The first-order chi connectivity index (χ1) is 9.83. The van der Waals surface area contributed by atoms with Gasteiger partial charge in [0.1, 0.15) is 0 Å². The lowest BCUT2D eigenvalue weighted by molar-refractivity contribution is -0.242.